The number of rotatable bonds is 4. The van der Waals surface area contributed by atoms with Crippen molar-refractivity contribution in [3.05, 3.63) is 24.4 Å². The SMILES string of the molecule is CCCC(C)(N)C(=O)Nc1ccc2cn[nH]c2c1.Cl. The molecule has 1 heterocycles. The maximum absolute atomic E-state index is 12.0. The van der Waals surface area contributed by atoms with Gasteiger partial charge in [-0.2, -0.15) is 5.10 Å². The molecule has 0 spiro atoms. The summed E-state index contributed by atoms with van der Waals surface area (Å²) in [4.78, 5) is 12.0. The number of carbonyl (C=O) groups excluding carboxylic acids is 1. The Kier molecular flexibility index (Phi) is 4.91. The standard InChI is InChI=1S/C13H18N4O.ClH/c1-3-6-13(2,14)12(18)16-10-5-4-9-8-15-17-11(9)7-10;/h4-5,7-8H,3,6,14H2,1-2H3,(H,15,17)(H,16,18);1H. The van der Waals surface area contributed by atoms with Gasteiger partial charge in [0.25, 0.3) is 0 Å². The molecule has 0 aliphatic heterocycles. The molecule has 1 unspecified atom stereocenters. The van der Waals surface area contributed by atoms with Gasteiger partial charge >= 0.3 is 0 Å². The number of H-pyrrole nitrogens is 1. The summed E-state index contributed by atoms with van der Waals surface area (Å²) in [5, 5.41) is 10.7. The first kappa shape index (κ1) is 15.5. The third-order valence-electron chi connectivity index (χ3n) is 2.99. The highest BCUT2D eigenvalue weighted by atomic mass is 35.5. The number of nitrogens with two attached hydrogens (primary N) is 1. The Morgan fingerprint density at radius 1 is 1.53 bits per heavy atom. The molecular weight excluding hydrogens is 264 g/mol. The van der Waals surface area contributed by atoms with Crippen LogP contribution in [0.4, 0.5) is 5.69 Å². The lowest BCUT2D eigenvalue weighted by Gasteiger charge is -2.22. The first-order chi connectivity index (χ1) is 8.53. The van der Waals surface area contributed by atoms with Gasteiger partial charge in [0, 0.05) is 11.1 Å². The van der Waals surface area contributed by atoms with Crippen molar-refractivity contribution in [2.45, 2.75) is 32.2 Å². The van der Waals surface area contributed by atoms with Gasteiger partial charge < -0.3 is 11.1 Å². The maximum atomic E-state index is 12.0. The lowest BCUT2D eigenvalue weighted by atomic mass is 9.96. The Labute approximate surface area is 118 Å². The molecule has 5 nitrogen and oxygen atoms in total. The molecule has 0 fully saturated rings. The summed E-state index contributed by atoms with van der Waals surface area (Å²) in [5.74, 6) is -0.164. The number of fused-ring (bicyclic) bond motifs is 1. The fraction of sp³-hybridized carbons (Fsp3) is 0.385. The van der Waals surface area contributed by atoms with Gasteiger partial charge in [0.1, 0.15) is 0 Å². The molecule has 19 heavy (non-hydrogen) atoms. The molecule has 0 radical (unpaired) electrons. The number of amides is 1. The molecule has 1 aromatic heterocycles. The van der Waals surface area contributed by atoms with Crippen LogP contribution >= 0.6 is 12.4 Å². The average Bonchev–Trinajstić information content (AvgIpc) is 2.76. The van der Waals surface area contributed by atoms with E-state index in [1.165, 1.54) is 0 Å². The van der Waals surface area contributed by atoms with E-state index in [9.17, 15) is 4.79 Å². The topological polar surface area (TPSA) is 83.8 Å². The number of hydrogen-bond acceptors (Lipinski definition) is 3. The van der Waals surface area contributed by atoms with E-state index in [1.807, 2.05) is 25.1 Å². The quantitative estimate of drug-likeness (QED) is 0.805. The summed E-state index contributed by atoms with van der Waals surface area (Å²) in [6, 6.07) is 5.60. The highest BCUT2D eigenvalue weighted by molar-refractivity contribution is 5.99. The van der Waals surface area contributed by atoms with Crippen molar-refractivity contribution in [3.8, 4) is 0 Å². The number of benzene rings is 1. The van der Waals surface area contributed by atoms with Crippen molar-refractivity contribution in [3.63, 3.8) is 0 Å². The summed E-state index contributed by atoms with van der Waals surface area (Å²) >= 11 is 0. The minimum Gasteiger partial charge on any atom is -0.324 e. The first-order valence-corrected chi connectivity index (χ1v) is 6.06. The molecule has 6 heteroatoms. The average molecular weight is 283 g/mol. The van der Waals surface area contributed by atoms with Crippen LogP contribution in [0, 0.1) is 0 Å². The van der Waals surface area contributed by atoms with Gasteiger partial charge in [-0.25, -0.2) is 0 Å². The molecule has 1 aromatic carbocycles. The Hall–Kier alpha value is -1.59. The van der Waals surface area contributed by atoms with E-state index in [2.05, 4.69) is 15.5 Å². The van der Waals surface area contributed by atoms with Crippen LogP contribution in [0.25, 0.3) is 10.9 Å². The third kappa shape index (κ3) is 3.45. The van der Waals surface area contributed by atoms with Crippen molar-refractivity contribution < 1.29 is 4.79 Å². The normalized spacial score (nSPS) is 13.6. The van der Waals surface area contributed by atoms with Crippen molar-refractivity contribution >= 4 is 34.9 Å². The Morgan fingerprint density at radius 3 is 2.95 bits per heavy atom. The van der Waals surface area contributed by atoms with Crippen LogP contribution in [-0.4, -0.2) is 21.6 Å². The van der Waals surface area contributed by atoms with Crippen LogP contribution in [0.1, 0.15) is 26.7 Å². The lowest BCUT2D eigenvalue weighted by molar-refractivity contribution is -0.120. The second-order valence-corrected chi connectivity index (χ2v) is 4.79. The van der Waals surface area contributed by atoms with Gasteiger partial charge in [0.15, 0.2) is 0 Å². The minimum atomic E-state index is -0.836. The largest absolute Gasteiger partial charge is 0.324 e. The summed E-state index contributed by atoms with van der Waals surface area (Å²) in [5.41, 5.74) is 6.76. The zero-order chi connectivity index (χ0) is 13.2. The molecule has 0 bridgehead atoms. The highest BCUT2D eigenvalue weighted by Crippen LogP contribution is 2.18. The number of carbonyl (C=O) groups is 1. The molecule has 1 amide bonds. The van der Waals surface area contributed by atoms with E-state index in [1.54, 1.807) is 13.1 Å². The van der Waals surface area contributed by atoms with Crippen molar-refractivity contribution in [2.75, 3.05) is 5.32 Å². The molecule has 1 atom stereocenters. The third-order valence-corrected chi connectivity index (χ3v) is 2.99. The van der Waals surface area contributed by atoms with Crippen LogP contribution in [-0.2, 0) is 4.79 Å². The van der Waals surface area contributed by atoms with Crippen LogP contribution < -0.4 is 11.1 Å². The summed E-state index contributed by atoms with van der Waals surface area (Å²) in [6.07, 6.45) is 3.27. The van der Waals surface area contributed by atoms with E-state index >= 15 is 0 Å². The Balaban J connectivity index is 0.00000180. The van der Waals surface area contributed by atoms with Gasteiger partial charge in [0.2, 0.25) is 5.91 Å². The van der Waals surface area contributed by atoms with Crippen molar-refractivity contribution in [1.29, 1.82) is 0 Å². The smallest absolute Gasteiger partial charge is 0.244 e. The Morgan fingerprint density at radius 2 is 2.26 bits per heavy atom. The van der Waals surface area contributed by atoms with Crippen LogP contribution in [0.2, 0.25) is 0 Å². The fourth-order valence-corrected chi connectivity index (χ4v) is 1.92. The van der Waals surface area contributed by atoms with Gasteiger partial charge in [0.05, 0.1) is 17.3 Å². The van der Waals surface area contributed by atoms with Gasteiger partial charge in [-0.3, -0.25) is 9.89 Å². The predicted octanol–water partition coefficient (Wildman–Crippen LogP) is 2.44. The first-order valence-electron chi connectivity index (χ1n) is 6.06. The molecular formula is C13H19ClN4O. The monoisotopic (exact) mass is 282 g/mol. The van der Waals surface area contributed by atoms with E-state index in [0.717, 1.165) is 23.0 Å². The van der Waals surface area contributed by atoms with Crippen LogP contribution in [0.3, 0.4) is 0 Å². The maximum Gasteiger partial charge on any atom is 0.244 e. The summed E-state index contributed by atoms with van der Waals surface area (Å²) in [6.45, 7) is 3.76. The fourth-order valence-electron chi connectivity index (χ4n) is 1.92. The van der Waals surface area contributed by atoms with Gasteiger partial charge in [-0.05, 0) is 31.5 Å². The molecule has 0 aliphatic rings. The highest BCUT2D eigenvalue weighted by Gasteiger charge is 2.27. The zero-order valence-electron chi connectivity index (χ0n) is 11.1. The number of aromatic nitrogens is 2. The molecule has 4 N–H and O–H groups in total. The van der Waals surface area contributed by atoms with Crippen molar-refractivity contribution in [2.24, 2.45) is 5.73 Å². The number of nitrogens with one attached hydrogen (secondary N) is 2. The number of anilines is 1. The minimum absolute atomic E-state index is 0. The number of nitrogens with zero attached hydrogens (tertiary/aromatic N) is 1. The van der Waals surface area contributed by atoms with Gasteiger partial charge in [-0.1, -0.05) is 13.3 Å². The number of halogens is 1. The van der Waals surface area contributed by atoms with Crippen molar-refractivity contribution in [1.82, 2.24) is 10.2 Å². The van der Waals surface area contributed by atoms with E-state index in [4.69, 9.17) is 5.73 Å². The molecule has 2 aromatic rings. The molecule has 0 saturated heterocycles. The molecule has 0 saturated carbocycles. The van der Waals surface area contributed by atoms with Gasteiger partial charge in [-0.15, -0.1) is 12.4 Å². The second kappa shape index (κ2) is 6.04. The molecule has 2 rings (SSSR count). The van der Waals surface area contributed by atoms with Crippen LogP contribution in [0.15, 0.2) is 24.4 Å². The number of aromatic amines is 1. The summed E-state index contributed by atoms with van der Waals surface area (Å²) < 4.78 is 0. The van der Waals surface area contributed by atoms with E-state index in [0.29, 0.717) is 6.42 Å². The predicted molar refractivity (Wildman–Crippen MR) is 79.5 cm³/mol. The Bertz CT molecular complexity index is 565. The van der Waals surface area contributed by atoms with Crippen LogP contribution in [0.5, 0.6) is 0 Å². The zero-order valence-corrected chi connectivity index (χ0v) is 11.9. The summed E-state index contributed by atoms with van der Waals surface area (Å²) in [7, 11) is 0. The number of hydrogen-bond donors (Lipinski definition) is 3. The molecule has 104 valence electrons. The molecule has 0 aliphatic carbocycles. The lowest BCUT2D eigenvalue weighted by Crippen LogP contribution is -2.48. The van der Waals surface area contributed by atoms with E-state index < -0.39 is 5.54 Å². The second-order valence-electron chi connectivity index (χ2n) is 4.79. The van der Waals surface area contributed by atoms with E-state index in [-0.39, 0.29) is 18.3 Å².